The van der Waals surface area contributed by atoms with E-state index in [-0.39, 0.29) is 0 Å². The molecule has 0 aliphatic rings. The Labute approximate surface area is 118 Å². The van der Waals surface area contributed by atoms with Gasteiger partial charge in [0.15, 0.2) is 0 Å². The molecular weight excluding hydrogens is 289 g/mol. The lowest BCUT2D eigenvalue weighted by atomic mass is 10.2. The Hall–Kier alpha value is -2.19. The van der Waals surface area contributed by atoms with Crippen LogP contribution < -0.4 is 5.32 Å². The number of benzene rings is 2. The van der Waals surface area contributed by atoms with Crippen molar-refractivity contribution in [3.8, 4) is 6.07 Å². The molecule has 0 saturated heterocycles. The second kappa shape index (κ2) is 5.43. The summed E-state index contributed by atoms with van der Waals surface area (Å²) in [7, 11) is 0. The summed E-state index contributed by atoms with van der Waals surface area (Å²) in [6, 6.07) is 11.2. The molecule has 0 aromatic heterocycles. The number of anilines is 2. The van der Waals surface area contributed by atoms with Crippen molar-refractivity contribution in [2.75, 3.05) is 5.32 Å². The van der Waals surface area contributed by atoms with Crippen LogP contribution in [0.4, 0.5) is 24.5 Å². The van der Waals surface area contributed by atoms with Gasteiger partial charge in [-0.15, -0.1) is 0 Å². The number of hydrogen-bond donors (Lipinski definition) is 1. The zero-order valence-electron chi connectivity index (χ0n) is 10.0. The van der Waals surface area contributed by atoms with Crippen molar-refractivity contribution in [1.82, 2.24) is 0 Å². The Morgan fingerprint density at radius 1 is 1.05 bits per heavy atom. The van der Waals surface area contributed by atoms with Gasteiger partial charge in [-0.3, -0.25) is 0 Å². The molecule has 0 aliphatic heterocycles. The number of rotatable bonds is 2. The SMILES string of the molecule is N#Cc1ccc(Nc2ccc(C(F)(F)F)cc2)c(Cl)c1. The van der Waals surface area contributed by atoms with Gasteiger partial charge in [-0.2, -0.15) is 18.4 Å². The normalized spacial score (nSPS) is 10.9. The van der Waals surface area contributed by atoms with Gasteiger partial charge in [-0.1, -0.05) is 11.6 Å². The van der Waals surface area contributed by atoms with Crippen LogP contribution >= 0.6 is 11.6 Å². The summed E-state index contributed by atoms with van der Waals surface area (Å²) in [5.41, 5.74) is 0.692. The van der Waals surface area contributed by atoms with Crippen molar-refractivity contribution >= 4 is 23.0 Å². The number of hydrogen-bond acceptors (Lipinski definition) is 2. The Balaban J connectivity index is 2.21. The molecule has 0 bridgehead atoms. The van der Waals surface area contributed by atoms with E-state index in [1.807, 2.05) is 6.07 Å². The molecule has 0 saturated carbocycles. The van der Waals surface area contributed by atoms with E-state index in [2.05, 4.69) is 5.32 Å². The zero-order chi connectivity index (χ0) is 14.8. The van der Waals surface area contributed by atoms with Crippen molar-refractivity contribution in [1.29, 1.82) is 5.26 Å². The molecule has 0 aliphatic carbocycles. The van der Waals surface area contributed by atoms with Gasteiger partial charge in [0, 0.05) is 5.69 Å². The second-order valence-corrected chi connectivity index (χ2v) is 4.41. The first-order chi connectivity index (χ1) is 9.40. The monoisotopic (exact) mass is 296 g/mol. The summed E-state index contributed by atoms with van der Waals surface area (Å²) < 4.78 is 37.3. The topological polar surface area (TPSA) is 35.8 Å². The summed E-state index contributed by atoms with van der Waals surface area (Å²) in [5.74, 6) is 0. The van der Waals surface area contributed by atoms with Crippen LogP contribution in [0.5, 0.6) is 0 Å². The van der Waals surface area contributed by atoms with Gasteiger partial charge < -0.3 is 5.32 Å². The van der Waals surface area contributed by atoms with Crippen molar-refractivity contribution in [2.45, 2.75) is 6.18 Å². The molecule has 0 amide bonds. The van der Waals surface area contributed by atoms with Gasteiger partial charge in [0.1, 0.15) is 0 Å². The fraction of sp³-hybridized carbons (Fsp3) is 0.0714. The highest BCUT2D eigenvalue weighted by molar-refractivity contribution is 6.33. The molecule has 6 heteroatoms. The Bertz CT molecular complexity index is 658. The third-order valence-electron chi connectivity index (χ3n) is 2.59. The standard InChI is InChI=1S/C14H8ClF3N2/c15-12-7-9(8-19)1-6-13(12)20-11-4-2-10(3-5-11)14(16,17)18/h1-7,20H. The summed E-state index contributed by atoms with van der Waals surface area (Å²) in [6.07, 6.45) is -4.36. The van der Waals surface area contributed by atoms with E-state index in [0.717, 1.165) is 12.1 Å². The number of alkyl halides is 3. The van der Waals surface area contributed by atoms with Gasteiger partial charge in [-0.25, -0.2) is 0 Å². The minimum absolute atomic E-state index is 0.323. The second-order valence-electron chi connectivity index (χ2n) is 4.01. The van der Waals surface area contributed by atoms with Gasteiger partial charge >= 0.3 is 6.18 Å². The third-order valence-corrected chi connectivity index (χ3v) is 2.90. The van der Waals surface area contributed by atoms with Crippen LogP contribution in [0.15, 0.2) is 42.5 Å². The smallest absolute Gasteiger partial charge is 0.354 e. The summed E-state index contributed by atoms with van der Waals surface area (Å²) >= 11 is 5.97. The fourth-order valence-corrected chi connectivity index (χ4v) is 1.81. The maximum absolute atomic E-state index is 12.4. The molecule has 20 heavy (non-hydrogen) atoms. The Morgan fingerprint density at radius 2 is 1.70 bits per heavy atom. The van der Waals surface area contributed by atoms with Crippen molar-refractivity contribution in [2.24, 2.45) is 0 Å². The number of halogens is 4. The third kappa shape index (κ3) is 3.22. The first kappa shape index (κ1) is 14.2. The molecule has 0 heterocycles. The Morgan fingerprint density at radius 3 is 2.20 bits per heavy atom. The van der Waals surface area contributed by atoms with Crippen LogP contribution in [0.3, 0.4) is 0 Å². The van der Waals surface area contributed by atoms with E-state index >= 15 is 0 Å². The average molecular weight is 297 g/mol. The lowest BCUT2D eigenvalue weighted by molar-refractivity contribution is -0.137. The van der Waals surface area contributed by atoms with Gasteiger partial charge in [-0.05, 0) is 42.5 Å². The number of nitriles is 1. The highest BCUT2D eigenvalue weighted by atomic mass is 35.5. The highest BCUT2D eigenvalue weighted by Gasteiger charge is 2.29. The fourth-order valence-electron chi connectivity index (χ4n) is 1.58. The lowest BCUT2D eigenvalue weighted by Gasteiger charge is -2.10. The van der Waals surface area contributed by atoms with Crippen LogP contribution in [-0.2, 0) is 6.18 Å². The van der Waals surface area contributed by atoms with Crippen molar-refractivity contribution in [3.63, 3.8) is 0 Å². The average Bonchev–Trinajstić information content (AvgIpc) is 2.40. The van der Waals surface area contributed by atoms with Crippen molar-refractivity contribution < 1.29 is 13.2 Å². The quantitative estimate of drug-likeness (QED) is 0.849. The Kier molecular flexibility index (Phi) is 3.86. The molecule has 2 rings (SSSR count). The maximum atomic E-state index is 12.4. The van der Waals surface area contributed by atoms with Gasteiger partial charge in [0.2, 0.25) is 0 Å². The van der Waals surface area contributed by atoms with E-state index in [0.29, 0.717) is 22.0 Å². The molecule has 0 atom stereocenters. The van der Waals surface area contributed by atoms with E-state index < -0.39 is 11.7 Å². The minimum atomic E-state index is -4.36. The van der Waals surface area contributed by atoms with Crippen molar-refractivity contribution in [3.05, 3.63) is 58.6 Å². The van der Waals surface area contributed by atoms with E-state index in [1.165, 1.54) is 18.2 Å². The van der Waals surface area contributed by atoms with Crippen LogP contribution in [0.2, 0.25) is 5.02 Å². The number of nitrogens with one attached hydrogen (secondary N) is 1. The molecule has 0 spiro atoms. The van der Waals surface area contributed by atoms with E-state index in [9.17, 15) is 13.2 Å². The predicted octanol–water partition coefficient (Wildman–Crippen LogP) is 4.97. The minimum Gasteiger partial charge on any atom is -0.354 e. The number of nitrogens with zero attached hydrogens (tertiary/aromatic N) is 1. The molecule has 1 N–H and O–H groups in total. The molecule has 2 aromatic rings. The molecule has 2 aromatic carbocycles. The van der Waals surface area contributed by atoms with Crippen LogP contribution in [0.25, 0.3) is 0 Å². The first-order valence-electron chi connectivity index (χ1n) is 5.54. The van der Waals surface area contributed by atoms with Crippen LogP contribution in [0.1, 0.15) is 11.1 Å². The largest absolute Gasteiger partial charge is 0.416 e. The van der Waals surface area contributed by atoms with Gasteiger partial charge in [0.25, 0.3) is 0 Å². The summed E-state index contributed by atoms with van der Waals surface area (Å²) in [5, 5.41) is 11.9. The van der Waals surface area contributed by atoms with Crippen LogP contribution in [-0.4, -0.2) is 0 Å². The van der Waals surface area contributed by atoms with E-state index in [1.54, 1.807) is 12.1 Å². The molecule has 0 radical (unpaired) electrons. The van der Waals surface area contributed by atoms with Crippen LogP contribution in [0, 0.1) is 11.3 Å². The molecule has 0 fully saturated rings. The first-order valence-corrected chi connectivity index (χ1v) is 5.92. The summed E-state index contributed by atoms with van der Waals surface area (Å²) in [4.78, 5) is 0. The van der Waals surface area contributed by atoms with Gasteiger partial charge in [0.05, 0.1) is 27.9 Å². The zero-order valence-corrected chi connectivity index (χ0v) is 10.8. The summed E-state index contributed by atoms with van der Waals surface area (Å²) in [6.45, 7) is 0. The molecule has 0 unspecified atom stereocenters. The lowest BCUT2D eigenvalue weighted by Crippen LogP contribution is -2.04. The highest BCUT2D eigenvalue weighted by Crippen LogP contribution is 2.31. The maximum Gasteiger partial charge on any atom is 0.416 e. The molecule has 2 nitrogen and oxygen atoms in total. The van der Waals surface area contributed by atoms with E-state index in [4.69, 9.17) is 16.9 Å². The molecule has 102 valence electrons. The molecular formula is C14H8ClF3N2. The predicted molar refractivity (Wildman–Crippen MR) is 70.9 cm³/mol.